The van der Waals surface area contributed by atoms with E-state index in [0.29, 0.717) is 17.2 Å². The Balaban J connectivity index is 1.79. The van der Waals surface area contributed by atoms with Crippen molar-refractivity contribution in [1.82, 2.24) is 4.72 Å². The molecule has 0 unspecified atom stereocenters. The molecule has 1 aliphatic heterocycles. The van der Waals surface area contributed by atoms with Gasteiger partial charge in [-0.05, 0) is 12.1 Å². The molecule has 1 aromatic carbocycles. The Labute approximate surface area is 111 Å². The van der Waals surface area contributed by atoms with E-state index in [9.17, 15) is 8.42 Å². The van der Waals surface area contributed by atoms with E-state index in [1.54, 1.807) is 18.2 Å². The van der Waals surface area contributed by atoms with Crippen LogP contribution in [0.2, 0.25) is 0 Å². The van der Waals surface area contributed by atoms with Crippen molar-refractivity contribution in [3.05, 3.63) is 18.2 Å². The Morgan fingerprint density at radius 1 is 1.32 bits per heavy atom. The largest absolute Gasteiger partial charge is 0.481 e. The molecule has 19 heavy (non-hydrogen) atoms. The summed E-state index contributed by atoms with van der Waals surface area (Å²) in [5.41, 5.74) is 0. The van der Waals surface area contributed by atoms with Gasteiger partial charge in [0.05, 0.1) is 12.8 Å². The van der Waals surface area contributed by atoms with Crippen LogP contribution < -0.4 is 18.9 Å². The molecule has 0 aliphatic carbocycles. The maximum absolute atomic E-state index is 10.8. The first-order valence-electron chi connectivity index (χ1n) is 5.47. The molecule has 1 aromatic rings. The van der Waals surface area contributed by atoms with Gasteiger partial charge in [-0.3, -0.25) is 0 Å². The van der Waals surface area contributed by atoms with E-state index in [4.69, 9.17) is 14.2 Å². The van der Waals surface area contributed by atoms with E-state index >= 15 is 0 Å². The first-order valence-corrected chi connectivity index (χ1v) is 7.36. The molecule has 1 N–H and O–H groups in total. The Morgan fingerprint density at radius 2 is 2.11 bits per heavy atom. The number of hydrogen-bond donors (Lipinski definition) is 1. The molecule has 102 valence electrons. The predicted octanol–water partition coefficient (Wildman–Crippen LogP) is 0.347. The lowest BCUT2D eigenvalue weighted by atomic mass is 10.3. The Morgan fingerprint density at radius 3 is 2.89 bits per heavy atom. The van der Waals surface area contributed by atoms with Crippen LogP contribution in [-0.4, -0.2) is 34.6 Å². The van der Waals surface area contributed by atoms with E-state index in [-0.39, 0.29) is 19.9 Å². The number of sulfonamides is 1. The molecule has 0 amide bonds. The summed E-state index contributed by atoms with van der Waals surface area (Å²) in [4.78, 5) is 0. The first kappa shape index (κ1) is 13.5. The average Bonchev–Trinajstić information content (AvgIpc) is 2.79. The van der Waals surface area contributed by atoms with Crippen LogP contribution >= 0.6 is 0 Å². The van der Waals surface area contributed by atoms with Crippen molar-refractivity contribution < 1.29 is 22.6 Å². The van der Waals surface area contributed by atoms with Crippen LogP contribution in [0.15, 0.2) is 18.2 Å². The number of hydrogen-bond acceptors (Lipinski definition) is 5. The van der Waals surface area contributed by atoms with Crippen molar-refractivity contribution in [3.63, 3.8) is 0 Å². The molecule has 1 aliphatic rings. The predicted molar refractivity (Wildman–Crippen MR) is 68.7 cm³/mol. The molecule has 0 atom stereocenters. The highest BCUT2D eigenvalue weighted by Gasteiger charge is 2.13. The highest BCUT2D eigenvalue weighted by molar-refractivity contribution is 7.88. The van der Waals surface area contributed by atoms with Gasteiger partial charge in [0.2, 0.25) is 16.8 Å². The summed E-state index contributed by atoms with van der Waals surface area (Å²) >= 11 is 0. The van der Waals surface area contributed by atoms with E-state index in [2.05, 4.69) is 16.6 Å². The summed E-state index contributed by atoms with van der Waals surface area (Å²) in [6.45, 7) is 0.462. The summed E-state index contributed by atoms with van der Waals surface area (Å²) < 4.78 is 39.5. The second kappa shape index (κ2) is 5.82. The molecule has 0 saturated carbocycles. The zero-order valence-electron chi connectivity index (χ0n) is 10.3. The molecule has 0 fully saturated rings. The molecule has 0 spiro atoms. The van der Waals surface area contributed by atoms with Gasteiger partial charge in [0.15, 0.2) is 11.5 Å². The average molecular weight is 283 g/mol. The Kier molecular flexibility index (Phi) is 4.14. The lowest BCUT2D eigenvalue weighted by molar-refractivity contribution is 0.174. The minimum absolute atomic E-state index is 0.0728. The molecule has 1 heterocycles. The summed E-state index contributed by atoms with van der Waals surface area (Å²) in [5.74, 6) is 7.30. The van der Waals surface area contributed by atoms with Crippen molar-refractivity contribution in [2.75, 3.05) is 26.2 Å². The minimum Gasteiger partial charge on any atom is -0.481 e. The third kappa shape index (κ3) is 4.35. The van der Waals surface area contributed by atoms with Crippen molar-refractivity contribution in [2.24, 2.45) is 0 Å². The molecule has 0 bridgehead atoms. The standard InChI is InChI=1S/C12H13NO5S/c1-19(14,15)13-6-2-3-7-16-10-4-5-11-12(8-10)18-9-17-11/h4-5,8,13H,6-7,9H2,1H3. The zero-order valence-corrected chi connectivity index (χ0v) is 11.1. The number of nitrogens with one attached hydrogen (secondary N) is 1. The van der Waals surface area contributed by atoms with E-state index < -0.39 is 10.0 Å². The Bertz CT molecular complexity index is 615. The van der Waals surface area contributed by atoms with E-state index in [0.717, 1.165) is 6.26 Å². The van der Waals surface area contributed by atoms with Gasteiger partial charge in [0.25, 0.3) is 0 Å². The van der Waals surface area contributed by atoms with Gasteiger partial charge >= 0.3 is 0 Å². The van der Waals surface area contributed by atoms with Crippen LogP contribution in [0.25, 0.3) is 0 Å². The van der Waals surface area contributed by atoms with Crippen LogP contribution in [-0.2, 0) is 10.0 Å². The van der Waals surface area contributed by atoms with Crippen LogP contribution in [0, 0.1) is 11.8 Å². The van der Waals surface area contributed by atoms with Crippen LogP contribution in [0.5, 0.6) is 17.2 Å². The van der Waals surface area contributed by atoms with Crippen LogP contribution in [0.4, 0.5) is 0 Å². The summed E-state index contributed by atoms with van der Waals surface area (Å²) in [6.07, 6.45) is 1.08. The fraction of sp³-hybridized carbons (Fsp3) is 0.333. The molecule has 0 saturated heterocycles. The monoisotopic (exact) mass is 283 g/mol. The zero-order chi connectivity index (χ0) is 13.7. The Hall–Kier alpha value is -1.91. The van der Waals surface area contributed by atoms with Crippen molar-refractivity contribution in [1.29, 1.82) is 0 Å². The summed E-state index contributed by atoms with van der Waals surface area (Å²) in [6, 6.07) is 5.24. The maximum Gasteiger partial charge on any atom is 0.231 e. The number of rotatable bonds is 4. The second-order valence-corrected chi connectivity index (χ2v) is 5.58. The number of ether oxygens (including phenoxy) is 3. The van der Waals surface area contributed by atoms with Gasteiger partial charge in [0.1, 0.15) is 12.4 Å². The van der Waals surface area contributed by atoms with Crippen molar-refractivity contribution >= 4 is 10.0 Å². The highest BCUT2D eigenvalue weighted by atomic mass is 32.2. The van der Waals surface area contributed by atoms with Crippen LogP contribution in [0.3, 0.4) is 0 Å². The highest BCUT2D eigenvalue weighted by Crippen LogP contribution is 2.34. The third-order valence-electron chi connectivity index (χ3n) is 2.20. The smallest absolute Gasteiger partial charge is 0.231 e. The lowest BCUT2D eigenvalue weighted by Crippen LogP contribution is -2.21. The van der Waals surface area contributed by atoms with E-state index in [1.807, 2.05) is 0 Å². The molecule has 2 rings (SSSR count). The number of benzene rings is 1. The third-order valence-corrected chi connectivity index (χ3v) is 2.87. The molecular weight excluding hydrogens is 270 g/mol. The maximum atomic E-state index is 10.8. The van der Waals surface area contributed by atoms with Crippen molar-refractivity contribution in [2.45, 2.75) is 0 Å². The van der Waals surface area contributed by atoms with E-state index in [1.165, 1.54) is 0 Å². The van der Waals surface area contributed by atoms with Gasteiger partial charge in [-0.15, -0.1) is 0 Å². The summed E-state index contributed by atoms with van der Waals surface area (Å²) in [7, 11) is -3.19. The van der Waals surface area contributed by atoms with Gasteiger partial charge < -0.3 is 14.2 Å². The molecule has 0 aromatic heterocycles. The lowest BCUT2D eigenvalue weighted by Gasteiger charge is -2.02. The number of fused-ring (bicyclic) bond motifs is 1. The fourth-order valence-corrected chi connectivity index (χ4v) is 1.70. The van der Waals surface area contributed by atoms with Gasteiger partial charge in [-0.25, -0.2) is 13.1 Å². The van der Waals surface area contributed by atoms with Crippen molar-refractivity contribution in [3.8, 4) is 29.1 Å². The van der Waals surface area contributed by atoms with Gasteiger partial charge in [-0.1, -0.05) is 11.8 Å². The quantitative estimate of drug-likeness (QED) is 0.807. The first-order chi connectivity index (χ1) is 9.04. The minimum atomic E-state index is -3.19. The fourth-order valence-electron chi connectivity index (χ4n) is 1.37. The van der Waals surface area contributed by atoms with Gasteiger partial charge in [-0.2, -0.15) is 0 Å². The topological polar surface area (TPSA) is 73.9 Å². The normalized spacial score (nSPS) is 12.7. The molecule has 6 nitrogen and oxygen atoms in total. The second-order valence-electron chi connectivity index (χ2n) is 3.75. The van der Waals surface area contributed by atoms with Crippen LogP contribution in [0.1, 0.15) is 0 Å². The molecular formula is C12H13NO5S. The molecule has 0 radical (unpaired) electrons. The molecule has 7 heteroatoms. The SMILES string of the molecule is CS(=O)(=O)NCC#CCOc1ccc2c(c1)OCO2. The summed E-state index contributed by atoms with van der Waals surface area (Å²) in [5, 5.41) is 0. The van der Waals surface area contributed by atoms with Gasteiger partial charge in [0, 0.05) is 6.07 Å².